The van der Waals surface area contributed by atoms with Gasteiger partial charge >= 0.3 is 6.09 Å². The van der Waals surface area contributed by atoms with Crippen molar-refractivity contribution >= 4 is 22.0 Å². The number of nitrogens with one attached hydrogen (secondary N) is 1. The Labute approximate surface area is 161 Å². The Bertz CT molecular complexity index is 891. The van der Waals surface area contributed by atoms with Crippen LogP contribution in [0.4, 0.5) is 4.79 Å². The Hall–Kier alpha value is -2.59. The molecule has 0 atom stereocenters. The molecular formula is C22H18BrNO2. The van der Waals surface area contributed by atoms with E-state index < -0.39 is 6.09 Å². The van der Waals surface area contributed by atoms with Crippen LogP contribution in [-0.4, -0.2) is 12.7 Å². The van der Waals surface area contributed by atoms with Crippen molar-refractivity contribution in [2.24, 2.45) is 0 Å². The summed E-state index contributed by atoms with van der Waals surface area (Å²) in [6.07, 6.45) is -0.394. The largest absolute Gasteiger partial charge is 0.449 e. The zero-order chi connectivity index (χ0) is 17.9. The summed E-state index contributed by atoms with van der Waals surface area (Å²) in [6, 6.07) is 24.5. The number of carbonyl (C=O) groups excluding carboxylic acids is 1. The molecule has 3 aromatic rings. The predicted octanol–water partition coefficient (Wildman–Crippen LogP) is 5.49. The maximum absolute atomic E-state index is 12.1. The quantitative estimate of drug-likeness (QED) is 0.620. The minimum Gasteiger partial charge on any atom is -0.449 e. The van der Waals surface area contributed by atoms with E-state index in [1.807, 2.05) is 48.5 Å². The minimum absolute atomic E-state index is 0.0841. The van der Waals surface area contributed by atoms with Gasteiger partial charge in [-0.3, -0.25) is 0 Å². The zero-order valence-electron chi connectivity index (χ0n) is 14.1. The van der Waals surface area contributed by atoms with Gasteiger partial charge in [-0.15, -0.1) is 0 Å². The lowest BCUT2D eigenvalue weighted by atomic mass is 9.98. The second-order valence-electron chi connectivity index (χ2n) is 6.31. The summed E-state index contributed by atoms with van der Waals surface area (Å²) in [5.41, 5.74) is 5.92. The highest BCUT2D eigenvalue weighted by molar-refractivity contribution is 9.10. The molecule has 3 aromatic carbocycles. The smallest absolute Gasteiger partial charge is 0.407 e. The molecule has 0 unspecified atom stereocenters. The fourth-order valence-corrected chi connectivity index (χ4v) is 3.69. The molecule has 1 aliphatic rings. The van der Waals surface area contributed by atoms with Crippen LogP contribution in [0.5, 0.6) is 0 Å². The first-order valence-corrected chi connectivity index (χ1v) is 9.35. The Balaban J connectivity index is 1.41. The number of halogens is 1. The molecule has 0 aliphatic heterocycles. The van der Waals surface area contributed by atoms with E-state index in [9.17, 15) is 4.79 Å². The van der Waals surface area contributed by atoms with Gasteiger partial charge in [0.2, 0.25) is 0 Å². The molecule has 4 heteroatoms. The molecule has 3 nitrogen and oxygen atoms in total. The summed E-state index contributed by atoms with van der Waals surface area (Å²) in [5, 5.41) is 2.81. The first-order valence-electron chi connectivity index (χ1n) is 8.55. The number of benzene rings is 3. The molecule has 1 N–H and O–H groups in total. The van der Waals surface area contributed by atoms with E-state index in [0.717, 1.165) is 10.0 Å². The average molecular weight is 408 g/mol. The Morgan fingerprint density at radius 2 is 1.46 bits per heavy atom. The van der Waals surface area contributed by atoms with Crippen LogP contribution in [0.3, 0.4) is 0 Å². The van der Waals surface area contributed by atoms with Crippen molar-refractivity contribution in [1.82, 2.24) is 5.32 Å². The Kier molecular flexibility index (Phi) is 4.76. The van der Waals surface area contributed by atoms with E-state index in [-0.39, 0.29) is 5.92 Å². The van der Waals surface area contributed by atoms with Crippen LogP contribution in [0.15, 0.2) is 77.3 Å². The van der Waals surface area contributed by atoms with Gasteiger partial charge in [0, 0.05) is 16.9 Å². The van der Waals surface area contributed by atoms with Crippen molar-refractivity contribution in [1.29, 1.82) is 0 Å². The van der Waals surface area contributed by atoms with E-state index in [1.165, 1.54) is 22.3 Å². The number of fused-ring (bicyclic) bond motifs is 3. The van der Waals surface area contributed by atoms with Gasteiger partial charge in [0.15, 0.2) is 0 Å². The van der Waals surface area contributed by atoms with Crippen LogP contribution in [0, 0.1) is 0 Å². The summed E-state index contributed by atoms with van der Waals surface area (Å²) in [6.45, 7) is 0.782. The second-order valence-corrected chi connectivity index (χ2v) is 7.22. The van der Waals surface area contributed by atoms with Crippen LogP contribution in [0.2, 0.25) is 0 Å². The number of hydrogen-bond acceptors (Lipinski definition) is 2. The molecule has 130 valence electrons. The van der Waals surface area contributed by atoms with Gasteiger partial charge < -0.3 is 10.1 Å². The van der Waals surface area contributed by atoms with Gasteiger partial charge in [-0.2, -0.15) is 0 Å². The lowest BCUT2D eigenvalue weighted by Gasteiger charge is -2.14. The fraction of sp³-hybridized carbons (Fsp3) is 0.136. The molecule has 0 radical (unpaired) electrons. The number of alkyl carbamates (subject to hydrolysis) is 1. The molecule has 0 saturated carbocycles. The third kappa shape index (κ3) is 3.37. The van der Waals surface area contributed by atoms with E-state index in [2.05, 4.69) is 45.5 Å². The van der Waals surface area contributed by atoms with Crippen LogP contribution in [0.25, 0.3) is 11.1 Å². The standard InChI is InChI=1S/C22H18BrNO2/c23-16-11-9-15(10-12-16)13-24-22(25)26-14-21-19-7-3-1-5-17(19)18-6-2-4-8-20(18)21/h1-12,21H,13-14H2,(H,24,25). The van der Waals surface area contributed by atoms with E-state index >= 15 is 0 Å². The fourth-order valence-electron chi connectivity index (χ4n) is 3.43. The minimum atomic E-state index is -0.394. The van der Waals surface area contributed by atoms with Crippen molar-refractivity contribution in [3.63, 3.8) is 0 Å². The summed E-state index contributed by atoms with van der Waals surface area (Å²) in [4.78, 5) is 12.1. The van der Waals surface area contributed by atoms with Crippen molar-refractivity contribution in [2.45, 2.75) is 12.5 Å². The van der Waals surface area contributed by atoms with Crippen molar-refractivity contribution in [3.8, 4) is 11.1 Å². The molecule has 0 aromatic heterocycles. The molecule has 0 saturated heterocycles. The Morgan fingerprint density at radius 1 is 0.885 bits per heavy atom. The van der Waals surface area contributed by atoms with Gasteiger partial charge in [-0.05, 0) is 39.9 Å². The van der Waals surface area contributed by atoms with Crippen LogP contribution in [0.1, 0.15) is 22.6 Å². The van der Waals surface area contributed by atoms with E-state index in [4.69, 9.17) is 4.74 Å². The third-order valence-corrected chi connectivity index (χ3v) is 5.22. The van der Waals surface area contributed by atoms with Crippen molar-refractivity contribution in [2.75, 3.05) is 6.61 Å². The normalized spacial score (nSPS) is 12.3. The van der Waals surface area contributed by atoms with Crippen LogP contribution >= 0.6 is 15.9 Å². The maximum atomic E-state index is 12.1. The monoisotopic (exact) mass is 407 g/mol. The summed E-state index contributed by atoms with van der Waals surface area (Å²) < 4.78 is 6.54. The first-order chi connectivity index (χ1) is 12.7. The average Bonchev–Trinajstić information content (AvgIpc) is 3.00. The molecule has 4 rings (SSSR count). The molecule has 1 aliphatic carbocycles. The summed E-state index contributed by atoms with van der Waals surface area (Å²) in [7, 11) is 0. The molecule has 1 amide bonds. The van der Waals surface area contributed by atoms with Gasteiger partial charge in [-0.1, -0.05) is 76.6 Å². The highest BCUT2D eigenvalue weighted by Gasteiger charge is 2.28. The van der Waals surface area contributed by atoms with Crippen LogP contribution in [-0.2, 0) is 11.3 Å². The molecular weight excluding hydrogens is 390 g/mol. The Morgan fingerprint density at radius 3 is 2.08 bits per heavy atom. The number of amides is 1. The van der Waals surface area contributed by atoms with Crippen molar-refractivity contribution < 1.29 is 9.53 Å². The van der Waals surface area contributed by atoms with Gasteiger partial charge in [-0.25, -0.2) is 4.79 Å². The highest BCUT2D eigenvalue weighted by atomic mass is 79.9. The SMILES string of the molecule is O=C(NCc1ccc(Br)cc1)OCC1c2ccccc2-c2ccccc21. The topological polar surface area (TPSA) is 38.3 Å². The zero-order valence-corrected chi connectivity index (χ0v) is 15.7. The summed E-state index contributed by atoms with van der Waals surface area (Å²) >= 11 is 3.40. The van der Waals surface area contributed by atoms with Gasteiger partial charge in [0.25, 0.3) is 0 Å². The molecule has 26 heavy (non-hydrogen) atoms. The maximum Gasteiger partial charge on any atom is 0.407 e. The predicted molar refractivity (Wildman–Crippen MR) is 106 cm³/mol. The first kappa shape index (κ1) is 16.9. The number of rotatable bonds is 4. The van der Waals surface area contributed by atoms with Crippen LogP contribution < -0.4 is 5.32 Å². The van der Waals surface area contributed by atoms with Gasteiger partial charge in [0.1, 0.15) is 6.61 Å². The molecule has 0 spiro atoms. The lowest BCUT2D eigenvalue weighted by molar-refractivity contribution is 0.142. The summed E-state index contributed by atoms with van der Waals surface area (Å²) in [5.74, 6) is 0.0841. The second kappa shape index (κ2) is 7.34. The highest BCUT2D eigenvalue weighted by Crippen LogP contribution is 2.44. The van der Waals surface area contributed by atoms with E-state index in [1.54, 1.807) is 0 Å². The molecule has 0 fully saturated rings. The van der Waals surface area contributed by atoms with E-state index in [0.29, 0.717) is 13.2 Å². The van der Waals surface area contributed by atoms with Gasteiger partial charge in [0.05, 0.1) is 0 Å². The number of carbonyl (C=O) groups is 1. The third-order valence-electron chi connectivity index (χ3n) is 4.69. The molecule has 0 bridgehead atoms. The number of ether oxygens (including phenoxy) is 1. The van der Waals surface area contributed by atoms with Crippen molar-refractivity contribution in [3.05, 3.63) is 94.0 Å². The number of hydrogen-bond donors (Lipinski definition) is 1. The lowest BCUT2D eigenvalue weighted by Crippen LogP contribution is -2.25. The molecule has 0 heterocycles.